The van der Waals surface area contributed by atoms with Gasteiger partial charge in [0.25, 0.3) is 0 Å². The monoisotopic (exact) mass is 131 g/mol. The first-order chi connectivity index (χ1) is 3.83. The zero-order chi connectivity index (χ0) is 5.98. The first-order valence-electron chi connectivity index (χ1n) is 2.58. The summed E-state index contributed by atoms with van der Waals surface area (Å²) in [7, 11) is 0. The summed E-state index contributed by atoms with van der Waals surface area (Å²) in [6.07, 6.45) is 1.06. The van der Waals surface area contributed by atoms with Gasteiger partial charge < -0.3 is 5.73 Å². The molecule has 1 aliphatic rings. The lowest BCUT2D eigenvalue weighted by atomic mass is 10.5. The molecule has 1 unspecified atom stereocenters. The van der Waals surface area contributed by atoms with Crippen molar-refractivity contribution >= 4 is 16.9 Å². The highest BCUT2D eigenvalue weighted by molar-refractivity contribution is 8.14. The Balaban J connectivity index is 2.32. The average molecular weight is 131 g/mol. The van der Waals surface area contributed by atoms with Crippen molar-refractivity contribution in [3.63, 3.8) is 0 Å². The van der Waals surface area contributed by atoms with Crippen molar-refractivity contribution < 1.29 is 0 Å². The van der Waals surface area contributed by atoms with Gasteiger partial charge in [-0.3, -0.25) is 5.43 Å². The van der Waals surface area contributed by atoms with Crippen molar-refractivity contribution in [3.05, 3.63) is 0 Å². The molecule has 0 aromatic heterocycles. The highest BCUT2D eigenvalue weighted by atomic mass is 32.2. The third-order valence-electron chi connectivity index (χ3n) is 0.953. The maximum Gasteiger partial charge on any atom is 0.179 e. The van der Waals surface area contributed by atoms with E-state index in [-0.39, 0.29) is 0 Å². The van der Waals surface area contributed by atoms with E-state index in [2.05, 4.69) is 17.5 Å². The lowest BCUT2D eigenvalue weighted by Crippen LogP contribution is -2.13. The zero-order valence-corrected chi connectivity index (χ0v) is 5.53. The quantitative estimate of drug-likeness (QED) is 0.537. The number of hydrogen-bond acceptors (Lipinski definition) is 4. The standard InChI is InChI=1S/C4H9N3S/c1-2-3-6-7-4(5)8-3/h3,6H,2H2,1H3,(H2,5,7). The normalized spacial score (nSPS) is 27.1. The summed E-state index contributed by atoms with van der Waals surface area (Å²) < 4.78 is 0. The molecule has 1 rings (SSSR count). The van der Waals surface area contributed by atoms with Crippen molar-refractivity contribution in [2.75, 3.05) is 0 Å². The molecule has 0 saturated carbocycles. The van der Waals surface area contributed by atoms with Crippen LogP contribution in [0.5, 0.6) is 0 Å². The number of nitrogens with zero attached hydrogens (tertiary/aromatic N) is 1. The van der Waals surface area contributed by atoms with E-state index >= 15 is 0 Å². The van der Waals surface area contributed by atoms with Gasteiger partial charge in [-0.15, -0.1) is 0 Å². The molecule has 3 nitrogen and oxygen atoms in total. The molecule has 0 radical (unpaired) electrons. The molecule has 3 N–H and O–H groups in total. The second-order valence-corrected chi connectivity index (χ2v) is 2.82. The smallest absolute Gasteiger partial charge is 0.179 e. The van der Waals surface area contributed by atoms with E-state index in [1.54, 1.807) is 11.8 Å². The molecule has 0 bridgehead atoms. The molecule has 4 heteroatoms. The van der Waals surface area contributed by atoms with Crippen LogP contribution in [0.2, 0.25) is 0 Å². The van der Waals surface area contributed by atoms with Gasteiger partial charge in [-0.2, -0.15) is 5.10 Å². The van der Waals surface area contributed by atoms with Crippen LogP contribution in [0.25, 0.3) is 0 Å². The fourth-order valence-electron chi connectivity index (χ4n) is 0.509. The molecule has 1 atom stereocenters. The van der Waals surface area contributed by atoms with E-state index < -0.39 is 0 Å². The summed E-state index contributed by atoms with van der Waals surface area (Å²) in [5.41, 5.74) is 8.23. The predicted molar refractivity (Wildman–Crippen MR) is 36.4 cm³/mol. The molecule has 0 amide bonds. The Labute approximate surface area is 52.7 Å². The van der Waals surface area contributed by atoms with Gasteiger partial charge >= 0.3 is 0 Å². The highest BCUT2D eigenvalue weighted by Crippen LogP contribution is 2.15. The van der Waals surface area contributed by atoms with Gasteiger partial charge in [0, 0.05) is 0 Å². The van der Waals surface area contributed by atoms with Gasteiger partial charge in [0.1, 0.15) is 0 Å². The maximum absolute atomic E-state index is 5.35. The van der Waals surface area contributed by atoms with Crippen LogP contribution >= 0.6 is 11.8 Å². The fraction of sp³-hybridized carbons (Fsp3) is 0.750. The topological polar surface area (TPSA) is 50.4 Å². The molecule has 0 aromatic rings. The summed E-state index contributed by atoms with van der Waals surface area (Å²) in [5.74, 6) is 0. The van der Waals surface area contributed by atoms with Crippen LogP contribution in [-0.4, -0.2) is 10.5 Å². The SMILES string of the molecule is CCC1NN=C(N)S1. The highest BCUT2D eigenvalue weighted by Gasteiger charge is 2.12. The molecule has 8 heavy (non-hydrogen) atoms. The molecule has 46 valence electrons. The van der Waals surface area contributed by atoms with Crippen molar-refractivity contribution in [2.45, 2.75) is 18.7 Å². The third kappa shape index (κ3) is 1.06. The Morgan fingerprint density at radius 3 is 3.00 bits per heavy atom. The Kier molecular flexibility index (Phi) is 1.62. The summed E-state index contributed by atoms with van der Waals surface area (Å²) in [4.78, 5) is 0. The lowest BCUT2D eigenvalue weighted by Gasteiger charge is -2.00. The fourth-order valence-corrected chi connectivity index (χ4v) is 1.18. The Hall–Kier alpha value is -0.380. The number of hydrogen-bond donors (Lipinski definition) is 2. The average Bonchev–Trinajstić information content (AvgIpc) is 2.14. The molecule has 0 saturated heterocycles. The first kappa shape index (κ1) is 5.75. The number of rotatable bonds is 1. The predicted octanol–water partition coefficient (Wildman–Crippen LogP) is 0.289. The van der Waals surface area contributed by atoms with E-state index in [9.17, 15) is 0 Å². The maximum atomic E-state index is 5.35. The number of nitrogens with one attached hydrogen (secondary N) is 1. The molecule has 0 fully saturated rings. The van der Waals surface area contributed by atoms with Crippen LogP contribution in [0.15, 0.2) is 5.10 Å². The van der Waals surface area contributed by atoms with Gasteiger partial charge in [0.2, 0.25) is 0 Å². The summed E-state index contributed by atoms with van der Waals surface area (Å²) in [6, 6.07) is 0. The second-order valence-electron chi connectivity index (χ2n) is 1.59. The lowest BCUT2D eigenvalue weighted by molar-refractivity contribution is 0.683. The number of hydrazone groups is 1. The van der Waals surface area contributed by atoms with Gasteiger partial charge in [0.05, 0.1) is 5.37 Å². The minimum absolute atomic E-state index is 0.412. The van der Waals surface area contributed by atoms with Gasteiger partial charge in [-0.1, -0.05) is 18.7 Å². The van der Waals surface area contributed by atoms with Gasteiger partial charge in [0.15, 0.2) is 5.17 Å². The van der Waals surface area contributed by atoms with Crippen molar-refractivity contribution in [1.29, 1.82) is 0 Å². The van der Waals surface area contributed by atoms with E-state index in [4.69, 9.17) is 5.73 Å². The molecule has 1 heterocycles. The van der Waals surface area contributed by atoms with Crippen LogP contribution in [0.4, 0.5) is 0 Å². The Bertz CT molecular complexity index is 112. The summed E-state index contributed by atoms with van der Waals surface area (Å²) >= 11 is 1.58. The minimum atomic E-state index is 0.412. The van der Waals surface area contributed by atoms with Crippen LogP contribution in [0, 0.1) is 0 Å². The van der Waals surface area contributed by atoms with Crippen LogP contribution < -0.4 is 11.2 Å². The largest absolute Gasteiger partial charge is 0.377 e. The summed E-state index contributed by atoms with van der Waals surface area (Å²) in [6.45, 7) is 2.10. The minimum Gasteiger partial charge on any atom is -0.377 e. The van der Waals surface area contributed by atoms with Gasteiger partial charge in [-0.25, -0.2) is 0 Å². The van der Waals surface area contributed by atoms with E-state index in [0.29, 0.717) is 10.5 Å². The number of thioether (sulfide) groups is 1. The molecule has 0 aromatic carbocycles. The van der Waals surface area contributed by atoms with E-state index in [0.717, 1.165) is 6.42 Å². The number of nitrogens with two attached hydrogens (primary N) is 1. The second kappa shape index (κ2) is 2.26. The van der Waals surface area contributed by atoms with Crippen LogP contribution in [0.3, 0.4) is 0 Å². The van der Waals surface area contributed by atoms with Crippen molar-refractivity contribution in [3.8, 4) is 0 Å². The van der Waals surface area contributed by atoms with Crippen LogP contribution in [-0.2, 0) is 0 Å². The third-order valence-corrected chi connectivity index (χ3v) is 2.01. The summed E-state index contributed by atoms with van der Waals surface area (Å²) in [5, 5.41) is 4.86. The van der Waals surface area contributed by atoms with Crippen molar-refractivity contribution in [2.24, 2.45) is 10.8 Å². The van der Waals surface area contributed by atoms with E-state index in [1.807, 2.05) is 0 Å². The first-order valence-corrected chi connectivity index (χ1v) is 3.46. The Morgan fingerprint density at radius 1 is 2.00 bits per heavy atom. The molecular formula is C4H9N3S. The van der Waals surface area contributed by atoms with Gasteiger partial charge in [-0.05, 0) is 6.42 Å². The molecular weight excluding hydrogens is 122 g/mol. The van der Waals surface area contributed by atoms with Crippen molar-refractivity contribution in [1.82, 2.24) is 5.43 Å². The molecule has 0 aliphatic carbocycles. The number of amidine groups is 1. The zero-order valence-electron chi connectivity index (χ0n) is 4.72. The van der Waals surface area contributed by atoms with Crippen LogP contribution in [0.1, 0.15) is 13.3 Å². The van der Waals surface area contributed by atoms with E-state index in [1.165, 1.54) is 0 Å². The Morgan fingerprint density at radius 2 is 2.75 bits per heavy atom. The molecule has 0 spiro atoms. The molecule has 1 aliphatic heterocycles.